The van der Waals surface area contributed by atoms with Gasteiger partial charge in [0.2, 0.25) is 0 Å². The van der Waals surface area contributed by atoms with Gasteiger partial charge in [-0.3, -0.25) is 0 Å². The van der Waals surface area contributed by atoms with Gasteiger partial charge in [-0.2, -0.15) is 0 Å². The van der Waals surface area contributed by atoms with Gasteiger partial charge in [0.1, 0.15) is 29.5 Å². The van der Waals surface area contributed by atoms with Crippen molar-refractivity contribution < 1.29 is 23.7 Å². The molecule has 0 saturated heterocycles. The van der Waals surface area contributed by atoms with Crippen LogP contribution >= 0.6 is 0 Å². The zero-order valence-corrected chi connectivity index (χ0v) is 18.4. The second kappa shape index (κ2) is 9.68. The zero-order chi connectivity index (χ0) is 23.4. The molecule has 0 aliphatic carbocycles. The lowest BCUT2D eigenvalue weighted by Gasteiger charge is -2.10. The van der Waals surface area contributed by atoms with E-state index >= 15 is 0 Å². The van der Waals surface area contributed by atoms with E-state index in [1.807, 2.05) is 38.1 Å². The monoisotopic (exact) mass is 449 g/mol. The van der Waals surface area contributed by atoms with Crippen LogP contribution in [0.1, 0.15) is 42.1 Å². The van der Waals surface area contributed by atoms with Crippen LogP contribution in [0.5, 0.6) is 0 Å². The highest BCUT2D eigenvalue weighted by molar-refractivity contribution is 6.02. The predicted octanol–water partition coefficient (Wildman–Crippen LogP) is 5.53. The molecule has 0 aliphatic rings. The SMILES string of the molecule is CCCON=C(Cn1c(C(=O)O)c(CC)c2ccccc21)c1cc(-c2ccc(F)cc2)no1. The van der Waals surface area contributed by atoms with Gasteiger partial charge in [0.05, 0.1) is 6.54 Å². The van der Waals surface area contributed by atoms with Crippen molar-refractivity contribution in [1.82, 2.24) is 9.72 Å². The molecule has 2 aromatic heterocycles. The fourth-order valence-electron chi connectivity index (χ4n) is 3.83. The minimum Gasteiger partial charge on any atom is -0.477 e. The molecule has 0 saturated carbocycles. The molecule has 4 aromatic rings. The molecule has 2 aromatic carbocycles. The highest BCUT2D eigenvalue weighted by Crippen LogP contribution is 2.28. The maximum Gasteiger partial charge on any atom is 0.352 e. The van der Waals surface area contributed by atoms with Crippen LogP contribution in [-0.4, -0.2) is 33.1 Å². The number of aromatic carboxylic acids is 1. The van der Waals surface area contributed by atoms with Crippen LogP contribution in [0.15, 0.2) is 64.3 Å². The molecule has 0 aliphatic heterocycles. The van der Waals surface area contributed by atoms with Crippen molar-refractivity contribution in [3.05, 3.63) is 77.4 Å². The number of halogens is 1. The number of carbonyl (C=O) groups is 1. The number of carboxylic acids is 1. The van der Waals surface area contributed by atoms with E-state index in [0.29, 0.717) is 35.8 Å². The van der Waals surface area contributed by atoms with Gasteiger partial charge in [-0.15, -0.1) is 0 Å². The number of hydrogen-bond donors (Lipinski definition) is 1. The maximum absolute atomic E-state index is 13.3. The van der Waals surface area contributed by atoms with Crippen LogP contribution in [-0.2, 0) is 17.8 Å². The van der Waals surface area contributed by atoms with Crippen molar-refractivity contribution in [2.45, 2.75) is 33.2 Å². The van der Waals surface area contributed by atoms with Gasteiger partial charge in [-0.05, 0) is 48.7 Å². The average molecular weight is 449 g/mol. The number of hydrogen-bond acceptors (Lipinski definition) is 5. The fourth-order valence-corrected chi connectivity index (χ4v) is 3.83. The maximum atomic E-state index is 13.3. The summed E-state index contributed by atoms with van der Waals surface area (Å²) >= 11 is 0. The van der Waals surface area contributed by atoms with E-state index in [-0.39, 0.29) is 18.1 Å². The molecular formula is C25H24FN3O4. The fraction of sp³-hybridized carbons (Fsp3) is 0.240. The zero-order valence-electron chi connectivity index (χ0n) is 18.4. The molecule has 7 nitrogen and oxygen atoms in total. The summed E-state index contributed by atoms with van der Waals surface area (Å²) in [5.41, 5.74) is 3.35. The Kier molecular flexibility index (Phi) is 6.53. The Balaban J connectivity index is 1.78. The lowest BCUT2D eigenvalue weighted by atomic mass is 10.1. The van der Waals surface area contributed by atoms with Crippen LogP contribution in [0.2, 0.25) is 0 Å². The van der Waals surface area contributed by atoms with Crippen molar-refractivity contribution in [2.24, 2.45) is 5.16 Å². The lowest BCUT2D eigenvalue weighted by Crippen LogP contribution is -2.17. The van der Waals surface area contributed by atoms with E-state index in [4.69, 9.17) is 9.36 Å². The van der Waals surface area contributed by atoms with Crippen LogP contribution in [0.3, 0.4) is 0 Å². The first-order chi connectivity index (χ1) is 16.0. The smallest absolute Gasteiger partial charge is 0.352 e. The van der Waals surface area contributed by atoms with E-state index in [1.54, 1.807) is 22.8 Å². The van der Waals surface area contributed by atoms with Crippen LogP contribution < -0.4 is 0 Å². The minimum absolute atomic E-state index is 0.115. The Bertz CT molecular complexity index is 1310. The summed E-state index contributed by atoms with van der Waals surface area (Å²) < 4.78 is 20.5. The lowest BCUT2D eigenvalue weighted by molar-refractivity contribution is 0.0685. The van der Waals surface area contributed by atoms with Gasteiger partial charge in [0, 0.05) is 22.5 Å². The normalized spacial score (nSPS) is 11.8. The largest absolute Gasteiger partial charge is 0.477 e. The molecule has 1 N–H and O–H groups in total. The number of fused-ring (bicyclic) bond motifs is 1. The quantitative estimate of drug-likeness (QED) is 0.206. The molecule has 0 radical (unpaired) electrons. The van der Waals surface area contributed by atoms with Crippen molar-refractivity contribution in [3.63, 3.8) is 0 Å². The summed E-state index contributed by atoms with van der Waals surface area (Å²) in [4.78, 5) is 17.6. The number of para-hydroxylation sites is 1. The molecule has 0 unspecified atom stereocenters. The van der Waals surface area contributed by atoms with Gasteiger partial charge in [-0.1, -0.05) is 42.4 Å². The molecule has 0 spiro atoms. The first-order valence-corrected chi connectivity index (χ1v) is 10.8. The Labute approximate surface area is 190 Å². The van der Waals surface area contributed by atoms with E-state index in [2.05, 4.69) is 10.3 Å². The number of carboxylic acid groups (broad SMARTS) is 1. The van der Waals surface area contributed by atoms with Crippen molar-refractivity contribution >= 4 is 22.6 Å². The summed E-state index contributed by atoms with van der Waals surface area (Å²) in [5, 5.41) is 19.2. The molecule has 8 heteroatoms. The number of nitrogens with zero attached hydrogens (tertiary/aromatic N) is 3. The molecular weight excluding hydrogens is 425 g/mol. The molecule has 0 bridgehead atoms. The predicted molar refractivity (Wildman–Crippen MR) is 123 cm³/mol. The Morgan fingerprint density at radius 2 is 1.94 bits per heavy atom. The van der Waals surface area contributed by atoms with Gasteiger partial charge >= 0.3 is 5.97 Å². The van der Waals surface area contributed by atoms with E-state index in [1.165, 1.54) is 12.1 Å². The van der Waals surface area contributed by atoms with Crippen LogP contribution in [0.25, 0.3) is 22.2 Å². The number of oxime groups is 1. The van der Waals surface area contributed by atoms with Gasteiger partial charge in [0.25, 0.3) is 0 Å². The van der Waals surface area contributed by atoms with Crippen LogP contribution in [0.4, 0.5) is 4.39 Å². The second-order valence-electron chi connectivity index (χ2n) is 7.54. The van der Waals surface area contributed by atoms with Crippen molar-refractivity contribution in [2.75, 3.05) is 6.61 Å². The molecule has 33 heavy (non-hydrogen) atoms. The number of aromatic nitrogens is 2. The summed E-state index contributed by atoms with van der Waals surface area (Å²) in [6.07, 6.45) is 1.34. The van der Waals surface area contributed by atoms with Gasteiger partial charge < -0.3 is 19.0 Å². The molecule has 0 atom stereocenters. The van der Waals surface area contributed by atoms with Crippen molar-refractivity contribution in [3.8, 4) is 11.3 Å². The highest BCUT2D eigenvalue weighted by atomic mass is 19.1. The third-order valence-electron chi connectivity index (χ3n) is 5.34. The summed E-state index contributed by atoms with van der Waals surface area (Å²) in [6, 6.07) is 15.2. The molecule has 0 fully saturated rings. The third-order valence-corrected chi connectivity index (χ3v) is 5.34. The Morgan fingerprint density at radius 1 is 1.18 bits per heavy atom. The Morgan fingerprint density at radius 3 is 2.64 bits per heavy atom. The summed E-state index contributed by atoms with van der Waals surface area (Å²) in [7, 11) is 0. The average Bonchev–Trinajstić information content (AvgIpc) is 3.42. The van der Waals surface area contributed by atoms with Crippen molar-refractivity contribution in [1.29, 1.82) is 0 Å². The highest BCUT2D eigenvalue weighted by Gasteiger charge is 2.24. The van der Waals surface area contributed by atoms with E-state index in [0.717, 1.165) is 22.9 Å². The molecule has 4 rings (SSSR count). The first kappa shape index (κ1) is 22.3. The minimum atomic E-state index is -1.01. The molecule has 2 heterocycles. The van der Waals surface area contributed by atoms with Gasteiger partial charge in [0.15, 0.2) is 5.76 Å². The Hall–Kier alpha value is -3.94. The molecule has 170 valence electrons. The molecule has 0 amide bonds. The van der Waals surface area contributed by atoms with E-state index in [9.17, 15) is 14.3 Å². The summed E-state index contributed by atoms with van der Waals surface area (Å²) in [6.45, 7) is 4.42. The van der Waals surface area contributed by atoms with Crippen LogP contribution in [0, 0.1) is 5.82 Å². The van der Waals surface area contributed by atoms with E-state index < -0.39 is 5.97 Å². The summed E-state index contributed by atoms with van der Waals surface area (Å²) in [5.74, 6) is -1.01. The second-order valence-corrected chi connectivity index (χ2v) is 7.54. The first-order valence-electron chi connectivity index (χ1n) is 10.8. The topological polar surface area (TPSA) is 89.9 Å². The third kappa shape index (κ3) is 4.50. The number of rotatable bonds is 9. The standard InChI is InChI=1S/C25H24FN3O4/c1-3-13-32-27-21(23-14-20(28-33-23)16-9-11-17(26)12-10-16)15-29-22-8-6-5-7-19(22)18(4-2)24(29)25(30)31/h5-12,14H,3-4,13,15H2,1-2H3,(H,30,31). The van der Waals surface area contributed by atoms with Gasteiger partial charge in [-0.25, -0.2) is 9.18 Å². The number of benzene rings is 2. The number of aryl methyl sites for hydroxylation is 1.